The van der Waals surface area contributed by atoms with Crippen molar-refractivity contribution >= 4 is 27.3 Å². The zero-order valence-corrected chi connectivity index (χ0v) is 16.4. The van der Waals surface area contributed by atoms with Crippen LogP contribution in [0, 0.1) is 0 Å². The lowest BCUT2D eigenvalue weighted by Gasteiger charge is -2.12. The van der Waals surface area contributed by atoms with Crippen LogP contribution in [0.2, 0.25) is 0 Å². The fraction of sp³-hybridized carbons (Fsp3) is 0.105. The maximum atomic E-state index is 12.8. The Bertz CT molecular complexity index is 1270. The molecule has 0 atom stereocenters. The zero-order chi connectivity index (χ0) is 22.6. The molecule has 3 rings (SSSR count). The first kappa shape index (κ1) is 22.0. The van der Waals surface area contributed by atoms with Crippen LogP contribution in [0.15, 0.2) is 76.7 Å². The lowest BCUT2D eigenvalue weighted by molar-refractivity contribution is -0.137. The molecular formula is C19H15F3N4O4S. The summed E-state index contributed by atoms with van der Waals surface area (Å²) in [6.07, 6.45) is -1.97. The molecule has 31 heavy (non-hydrogen) atoms. The number of nitrogens with one attached hydrogen (secondary N) is 2. The normalized spacial score (nSPS) is 11.7. The maximum absolute atomic E-state index is 12.8. The van der Waals surface area contributed by atoms with Gasteiger partial charge in [0.25, 0.3) is 10.0 Å². The van der Waals surface area contributed by atoms with Gasteiger partial charge in [0.05, 0.1) is 10.5 Å². The van der Waals surface area contributed by atoms with Crippen LogP contribution in [0.5, 0.6) is 0 Å². The summed E-state index contributed by atoms with van der Waals surface area (Å²) in [5, 5.41) is 2.46. The fourth-order valence-corrected chi connectivity index (χ4v) is 3.67. The third-order valence-electron chi connectivity index (χ3n) is 3.97. The zero-order valence-electron chi connectivity index (χ0n) is 15.6. The number of nitrogens with zero attached hydrogens (tertiary/aromatic N) is 2. The Morgan fingerprint density at radius 1 is 1.03 bits per heavy atom. The van der Waals surface area contributed by atoms with Gasteiger partial charge < -0.3 is 5.32 Å². The number of sulfonamides is 1. The Labute approximate surface area is 174 Å². The number of anilines is 2. The average Bonchev–Trinajstić information content (AvgIpc) is 2.69. The molecule has 0 bridgehead atoms. The Kier molecular flexibility index (Phi) is 6.11. The van der Waals surface area contributed by atoms with E-state index in [0.29, 0.717) is 6.07 Å². The highest BCUT2D eigenvalue weighted by molar-refractivity contribution is 7.92. The lowest BCUT2D eigenvalue weighted by atomic mass is 10.2. The second-order valence-electron chi connectivity index (χ2n) is 6.29. The highest BCUT2D eigenvalue weighted by Crippen LogP contribution is 2.31. The molecule has 0 aliphatic heterocycles. The van der Waals surface area contributed by atoms with Gasteiger partial charge in [-0.2, -0.15) is 13.2 Å². The number of aromatic nitrogens is 2. The number of carbonyl (C=O) groups is 1. The van der Waals surface area contributed by atoms with Crippen molar-refractivity contribution in [1.29, 1.82) is 0 Å². The molecule has 2 N–H and O–H groups in total. The number of hydrogen-bond donors (Lipinski definition) is 2. The Morgan fingerprint density at radius 2 is 1.74 bits per heavy atom. The number of halogens is 3. The molecule has 0 saturated heterocycles. The van der Waals surface area contributed by atoms with Gasteiger partial charge in [0.2, 0.25) is 5.91 Å². The minimum atomic E-state index is -4.62. The summed E-state index contributed by atoms with van der Waals surface area (Å²) in [6.45, 7) is -0.341. The van der Waals surface area contributed by atoms with E-state index in [-0.39, 0.29) is 22.8 Å². The number of hydrogen-bond acceptors (Lipinski definition) is 5. The van der Waals surface area contributed by atoms with Crippen LogP contribution in [0.1, 0.15) is 5.56 Å². The third-order valence-corrected chi connectivity index (χ3v) is 5.35. The predicted molar refractivity (Wildman–Crippen MR) is 106 cm³/mol. The van der Waals surface area contributed by atoms with E-state index in [1.807, 2.05) is 0 Å². The highest BCUT2D eigenvalue weighted by Gasteiger charge is 2.30. The summed E-state index contributed by atoms with van der Waals surface area (Å²) in [4.78, 5) is 27.0. The molecule has 0 fully saturated rings. The van der Waals surface area contributed by atoms with Gasteiger partial charge in [-0.1, -0.05) is 12.1 Å². The summed E-state index contributed by atoms with van der Waals surface area (Å²) < 4.78 is 66.8. The van der Waals surface area contributed by atoms with Crippen LogP contribution in [0.4, 0.5) is 24.5 Å². The second kappa shape index (κ2) is 8.60. The topological polar surface area (TPSA) is 110 Å². The number of amides is 1. The third kappa shape index (κ3) is 5.69. The number of benzene rings is 2. The SMILES string of the molecule is O=C(Cn1cccnc1=O)Nc1cccc(S(=O)(=O)Nc2cccc(C(F)(F)F)c2)c1. The minimum absolute atomic E-state index is 0.119. The largest absolute Gasteiger partial charge is 0.416 e. The van der Waals surface area contributed by atoms with Crippen LogP contribution in [-0.4, -0.2) is 23.9 Å². The first-order valence-corrected chi connectivity index (χ1v) is 10.1. The van der Waals surface area contributed by atoms with Crippen molar-refractivity contribution in [1.82, 2.24) is 9.55 Å². The van der Waals surface area contributed by atoms with Gasteiger partial charge in [-0.3, -0.25) is 14.1 Å². The minimum Gasteiger partial charge on any atom is -0.324 e. The van der Waals surface area contributed by atoms with Gasteiger partial charge in [-0.15, -0.1) is 0 Å². The van der Waals surface area contributed by atoms with Crippen molar-refractivity contribution in [3.63, 3.8) is 0 Å². The van der Waals surface area contributed by atoms with Crippen LogP contribution < -0.4 is 15.7 Å². The molecular weight excluding hydrogens is 437 g/mol. The van der Waals surface area contributed by atoms with E-state index in [0.717, 1.165) is 22.8 Å². The average molecular weight is 452 g/mol. The fourth-order valence-electron chi connectivity index (χ4n) is 2.58. The molecule has 0 unspecified atom stereocenters. The number of alkyl halides is 3. The van der Waals surface area contributed by atoms with Gasteiger partial charge in [0.15, 0.2) is 0 Å². The first-order valence-electron chi connectivity index (χ1n) is 8.66. The Morgan fingerprint density at radius 3 is 2.45 bits per heavy atom. The smallest absolute Gasteiger partial charge is 0.324 e. The summed E-state index contributed by atoms with van der Waals surface area (Å²) >= 11 is 0. The molecule has 1 heterocycles. The van der Waals surface area contributed by atoms with E-state index < -0.39 is 33.4 Å². The van der Waals surface area contributed by atoms with E-state index in [9.17, 15) is 31.2 Å². The second-order valence-corrected chi connectivity index (χ2v) is 7.97. The van der Waals surface area contributed by atoms with Gasteiger partial charge in [0, 0.05) is 23.8 Å². The molecule has 0 aliphatic carbocycles. The molecule has 162 valence electrons. The lowest BCUT2D eigenvalue weighted by Crippen LogP contribution is -2.28. The molecule has 0 aliphatic rings. The van der Waals surface area contributed by atoms with E-state index in [1.54, 1.807) is 0 Å². The molecule has 3 aromatic rings. The van der Waals surface area contributed by atoms with Gasteiger partial charge in [0.1, 0.15) is 6.54 Å². The molecule has 1 amide bonds. The summed E-state index contributed by atoms with van der Waals surface area (Å²) in [5.41, 5.74) is -1.77. The Balaban J connectivity index is 1.76. The summed E-state index contributed by atoms with van der Waals surface area (Å²) in [5.74, 6) is -0.601. The number of carbonyl (C=O) groups excluding carboxylic acids is 1. The van der Waals surface area contributed by atoms with Crippen LogP contribution in [0.3, 0.4) is 0 Å². The van der Waals surface area contributed by atoms with Gasteiger partial charge in [-0.05, 0) is 42.5 Å². The highest BCUT2D eigenvalue weighted by atomic mass is 32.2. The first-order chi connectivity index (χ1) is 14.5. The van der Waals surface area contributed by atoms with Crippen molar-refractivity contribution in [2.45, 2.75) is 17.6 Å². The van der Waals surface area contributed by atoms with Gasteiger partial charge in [-0.25, -0.2) is 18.2 Å². The maximum Gasteiger partial charge on any atom is 0.416 e. The molecule has 0 radical (unpaired) electrons. The van der Waals surface area contributed by atoms with E-state index in [4.69, 9.17) is 0 Å². The summed E-state index contributed by atoms with van der Waals surface area (Å²) in [6, 6.07) is 10.4. The summed E-state index contributed by atoms with van der Waals surface area (Å²) in [7, 11) is -4.23. The molecule has 12 heteroatoms. The van der Waals surface area contributed by atoms with E-state index in [2.05, 4.69) is 15.0 Å². The van der Waals surface area contributed by atoms with Crippen LogP contribution in [-0.2, 0) is 27.5 Å². The quantitative estimate of drug-likeness (QED) is 0.598. The standard InChI is InChI=1S/C19H15F3N4O4S/c20-19(21,22)13-4-1-6-15(10-13)25-31(29,30)16-7-2-5-14(11-16)24-17(27)12-26-9-3-8-23-18(26)28/h1-11,25H,12H2,(H,24,27). The van der Waals surface area contributed by atoms with Gasteiger partial charge >= 0.3 is 11.9 Å². The molecule has 0 spiro atoms. The molecule has 8 nitrogen and oxygen atoms in total. The number of rotatable bonds is 6. The van der Waals surface area contributed by atoms with Crippen molar-refractivity contribution in [3.8, 4) is 0 Å². The molecule has 1 aromatic heterocycles. The molecule has 0 saturated carbocycles. The van der Waals surface area contributed by atoms with Crippen molar-refractivity contribution in [2.24, 2.45) is 0 Å². The van der Waals surface area contributed by atoms with Crippen molar-refractivity contribution in [3.05, 3.63) is 83.0 Å². The van der Waals surface area contributed by atoms with Crippen molar-refractivity contribution < 1.29 is 26.4 Å². The monoisotopic (exact) mass is 452 g/mol. The van der Waals surface area contributed by atoms with Crippen LogP contribution in [0.25, 0.3) is 0 Å². The van der Waals surface area contributed by atoms with Crippen molar-refractivity contribution in [2.75, 3.05) is 10.0 Å². The predicted octanol–water partition coefficient (Wildman–Crippen LogP) is 2.70. The van der Waals surface area contributed by atoms with E-state index >= 15 is 0 Å². The Hall–Kier alpha value is -3.67. The van der Waals surface area contributed by atoms with Crippen LogP contribution >= 0.6 is 0 Å². The molecule has 2 aromatic carbocycles. The van der Waals surface area contributed by atoms with E-state index in [1.165, 1.54) is 42.7 Å².